The topological polar surface area (TPSA) is 80.4 Å². The number of phenols is 1. The van der Waals surface area contributed by atoms with Crippen LogP contribution in [0.2, 0.25) is 0 Å². The Balaban J connectivity index is 2.80. The van der Waals surface area contributed by atoms with Gasteiger partial charge in [-0.25, -0.2) is 8.42 Å². The van der Waals surface area contributed by atoms with E-state index < -0.39 is 15.1 Å². The van der Waals surface area contributed by atoms with Crippen molar-refractivity contribution in [3.8, 4) is 5.75 Å². The highest BCUT2D eigenvalue weighted by atomic mass is 32.2. The summed E-state index contributed by atoms with van der Waals surface area (Å²) in [4.78, 5) is 0. The van der Waals surface area contributed by atoms with Gasteiger partial charge in [0.05, 0.1) is 5.25 Å². The van der Waals surface area contributed by atoms with Crippen LogP contribution in [0, 0.1) is 0 Å². The van der Waals surface area contributed by atoms with Gasteiger partial charge in [0.25, 0.3) is 0 Å². The molecule has 0 radical (unpaired) electrons. The first-order chi connectivity index (χ1) is 6.93. The van der Waals surface area contributed by atoms with Crippen molar-refractivity contribution in [3.63, 3.8) is 0 Å². The Morgan fingerprint density at radius 2 is 1.87 bits per heavy atom. The number of hydrogen-bond donors (Lipinski definition) is 2. The number of rotatable bonds is 4. The number of benzene rings is 1. The second-order valence-corrected chi connectivity index (χ2v) is 5.88. The monoisotopic (exact) mass is 229 g/mol. The molecule has 5 heteroatoms. The number of aromatic hydroxyl groups is 1. The van der Waals surface area contributed by atoms with E-state index in [-0.39, 0.29) is 12.3 Å². The molecule has 0 fully saturated rings. The molecule has 0 aromatic heterocycles. The SMILES string of the molecule is CS(=O)(=O)C(CN)Cc1ccc(O)cc1. The van der Waals surface area contributed by atoms with E-state index in [1.807, 2.05) is 0 Å². The van der Waals surface area contributed by atoms with Crippen molar-refractivity contribution in [3.05, 3.63) is 29.8 Å². The molecule has 3 N–H and O–H groups in total. The lowest BCUT2D eigenvalue weighted by atomic mass is 10.1. The number of nitrogens with two attached hydrogens (primary N) is 1. The predicted octanol–water partition coefficient (Wildman–Crippen LogP) is 0.307. The Kier molecular flexibility index (Phi) is 3.71. The molecule has 0 amide bonds. The minimum atomic E-state index is -3.11. The zero-order chi connectivity index (χ0) is 11.5. The van der Waals surface area contributed by atoms with Gasteiger partial charge >= 0.3 is 0 Å². The first-order valence-corrected chi connectivity index (χ1v) is 6.56. The van der Waals surface area contributed by atoms with E-state index in [4.69, 9.17) is 10.8 Å². The first-order valence-electron chi connectivity index (χ1n) is 4.60. The third-order valence-corrected chi connectivity index (χ3v) is 3.84. The van der Waals surface area contributed by atoms with Crippen LogP contribution in [0.15, 0.2) is 24.3 Å². The normalized spacial score (nSPS) is 13.7. The van der Waals surface area contributed by atoms with Crippen LogP contribution < -0.4 is 5.73 Å². The van der Waals surface area contributed by atoms with Gasteiger partial charge in [-0.2, -0.15) is 0 Å². The van der Waals surface area contributed by atoms with Crippen molar-refractivity contribution >= 4 is 9.84 Å². The second kappa shape index (κ2) is 4.63. The van der Waals surface area contributed by atoms with Crippen LogP contribution in [0.5, 0.6) is 5.75 Å². The molecule has 1 aromatic rings. The van der Waals surface area contributed by atoms with E-state index in [0.29, 0.717) is 6.42 Å². The van der Waals surface area contributed by atoms with Gasteiger partial charge in [-0.1, -0.05) is 12.1 Å². The molecule has 1 unspecified atom stereocenters. The maximum atomic E-state index is 11.3. The summed E-state index contributed by atoms with van der Waals surface area (Å²) in [5.74, 6) is 0.169. The maximum Gasteiger partial charge on any atom is 0.151 e. The van der Waals surface area contributed by atoms with Crippen LogP contribution in [0.4, 0.5) is 0 Å². The highest BCUT2D eigenvalue weighted by Crippen LogP contribution is 2.13. The van der Waals surface area contributed by atoms with Crippen LogP contribution in [-0.4, -0.2) is 31.6 Å². The standard InChI is InChI=1S/C10H15NO3S/c1-15(13,14)10(7-11)6-8-2-4-9(12)5-3-8/h2-5,10,12H,6-7,11H2,1H3. The summed E-state index contributed by atoms with van der Waals surface area (Å²) in [5.41, 5.74) is 6.26. The van der Waals surface area contributed by atoms with Gasteiger partial charge < -0.3 is 10.8 Å². The average molecular weight is 229 g/mol. The maximum absolute atomic E-state index is 11.3. The molecule has 15 heavy (non-hydrogen) atoms. The minimum Gasteiger partial charge on any atom is -0.508 e. The van der Waals surface area contributed by atoms with Gasteiger partial charge in [0.2, 0.25) is 0 Å². The van der Waals surface area contributed by atoms with Crippen molar-refractivity contribution < 1.29 is 13.5 Å². The fraction of sp³-hybridized carbons (Fsp3) is 0.400. The molecule has 0 spiro atoms. The highest BCUT2D eigenvalue weighted by Gasteiger charge is 2.19. The van der Waals surface area contributed by atoms with Gasteiger partial charge in [-0.15, -0.1) is 0 Å². The lowest BCUT2D eigenvalue weighted by Gasteiger charge is -2.12. The van der Waals surface area contributed by atoms with Gasteiger partial charge in [0.1, 0.15) is 5.75 Å². The molecule has 0 bridgehead atoms. The summed E-state index contributed by atoms with van der Waals surface area (Å²) in [6, 6.07) is 6.46. The Bertz CT molecular complexity index is 411. The molecule has 1 aromatic carbocycles. The van der Waals surface area contributed by atoms with E-state index >= 15 is 0 Å². The van der Waals surface area contributed by atoms with Crippen LogP contribution in [0.25, 0.3) is 0 Å². The smallest absolute Gasteiger partial charge is 0.151 e. The largest absolute Gasteiger partial charge is 0.508 e. The second-order valence-electron chi connectivity index (χ2n) is 3.56. The summed E-state index contributed by atoms with van der Waals surface area (Å²) in [7, 11) is -3.11. The quantitative estimate of drug-likeness (QED) is 0.778. The number of phenolic OH excluding ortho intramolecular Hbond substituents is 1. The van der Waals surface area contributed by atoms with Gasteiger partial charge in [-0.05, 0) is 24.1 Å². The zero-order valence-electron chi connectivity index (χ0n) is 8.55. The lowest BCUT2D eigenvalue weighted by molar-refractivity contribution is 0.475. The third kappa shape index (κ3) is 3.53. The molecule has 4 nitrogen and oxygen atoms in total. The Labute approximate surface area is 89.7 Å². The fourth-order valence-corrected chi connectivity index (χ4v) is 2.15. The third-order valence-electron chi connectivity index (χ3n) is 2.27. The molecule has 0 heterocycles. The molecular formula is C10H15NO3S. The molecule has 1 atom stereocenters. The van der Waals surface area contributed by atoms with E-state index in [1.54, 1.807) is 12.1 Å². The predicted molar refractivity (Wildman–Crippen MR) is 59.5 cm³/mol. The van der Waals surface area contributed by atoms with E-state index in [1.165, 1.54) is 18.4 Å². The Morgan fingerprint density at radius 1 is 1.33 bits per heavy atom. The zero-order valence-corrected chi connectivity index (χ0v) is 9.37. The molecule has 1 rings (SSSR count). The van der Waals surface area contributed by atoms with Crippen molar-refractivity contribution in [2.75, 3.05) is 12.8 Å². The van der Waals surface area contributed by atoms with Crippen LogP contribution in [-0.2, 0) is 16.3 Å². The van der Waals surface area contributed by atoms with Crippen LogP contribution in [0.3, 0.4) is 0 Å². The van der Waals surface area contributed by atoms with Crippen molar-refractivity contribution in [1.29, 1.82) is 0 Å². The minimum absolute atomic E-state index is 0.111. The van der Waals surface area contributed by atoms with Gasteiger partial charge in [0.15, 0.2) is 9.84 Å². The summed E-state index contributed by atoms with van der Waals surface area (Å²) >= 11 is 0. The van der Waals surface area contributed by atoms with Crippen LogP contribution >= 0.6 is 0 Å². The average Bonchev–Trinajstić information content (AvgIpc) is 2.15. The molecular weight excluding hydrogens is 214 g/mol. The van der Waals surface area contributed by atoms with Gasteiger partial charge in [0, 0.05) is 12.8 Å². The molecule has 84 valence electrons. The van der Waals surface area contributed by atoms with E-state index in [0.717, 1.165) is 5.56 Å². The first kappa shape index (κ1) is 12.0. The fourth-order valence-electron chi connectivity index (χ4n) is 1.30. The Hall–Kier alpha value is -1.07. The lowest BCUT2D eigenvalue weighted by Crippen LogP contribution is -2.30. The number of sulfone groups is 1. The summed E-state index contributed by atoms with van der Waals surface area (Å²) in [5, 5.41) is 8.51. The number of hydrogen-bond acceptors (Lipinski definition) is 4. The van der Waals surface area contributed by atoms with Crippen molar-refractivity contribution in [2.24, 2.45) is 5.73 Å². The van der Waals surface area contributed by atoms with Crippen LogP contribution in [0.1, 0.15) is 5.56 Å². The summed E-state index contributed by atoms with van der Waals surface area (Å²) < 4.78 is 22.6. The molecule has 0 saturated heterocycles. The molecule has 0 aliphatic rings. The molecule has 0 aliphatic heterocycles. The highest BCUT2D eigenvalue weighted by molar-refractivity contribution is 7.91. The summed E-state index contributed by atoms with van der Waals surface area (Å²) in [6.07, 6.45) is 1.57. The van der Waals surface area contributed by atoms with E-state index in [2.05, 4.69) is 0 Å². The molecule has 0 saturated carbocycles. The van der Waals surface area contributed by atoms with Crippen molar-refractivity contribution in [2.45, 2.75) is 11.7 Å². The van der Waals surface area contributed by atoms with Gasteiger partial charge in [-0.3, -0.25) is 0 Å². The van der Waals surface area contributed by atoms with E-state index in [9.17, 15) is 8.42 Å². The molecule has 0 aliphatic carbocycles. The Morgan fingerprint density at radius 3 is 2.27 bits per heavy atom. The van der Waals surface area contributed by atoms with Crippen molar-refractivity contribution in [1.82, 2.24) is 0 Å². The summed E-state index contributed by atoms with van der Waals surface area (Å²) in [6.45, 7) is 0.111.